The van der Waals surface area contributed by atoms with Crippen molar-refractivity contribution in [2.45, 2.75) is 6.04 Å². The Morgan fingerprint density at radius 2 is 1.80 bits per heavy atom. The van der Waals surface area contributed by atoms with Crippen molar-refractivity contribution in [2.24, 2.45) is 0 Å². The number of benzene rings is 1. The second-order valence-corrected chi connectivity index (χ2v) is 8.21. The third kappa shape index (κ3) is 5.56. The fourth-order valence-corrected chi connectivity index (χ4v) is 3.79. The van der Waals surface area contributed by atoms with Gasteiger partial charge in [-0.25, -0.2) is 0 Å². The first kappa shape index (κ1) is 21.8. The van der Waals surface area contributed by atoms with Gasteiger partial charge in [-0.1, -0.05) is 17.7 Å². The molecule has 0 spiro atoms. The van der Waals surface area contributed by atoms with Gasteiger partial charge in [-0.3, -0.25) is 19.0 Å². The van der Waals surface area contributed by atoms with Gasteiger partial charge < -0.3 is 16.0 Å². The van der Waals surface area contributed by atoms with Crippen LogP contribution < -0.4 is 21.5 Å². The molecular formula is C21H21ClN4O3S. The molecule has 0 radical (unpaired) electrons. The fraction of sp³-hybridized carbons (Fsp3) is 0.190. The van der Waals surface area contributed by atoms with E-state index in [-0.39, 0.29) is 30.0 Å². The van der Waals surface area contributed by atoms with E-state index in [0.717, 1.165) is 0 Å². The number of nitrogens with one attached hydrogen (secondary N) is 3. The Hall–Kier alpha value is -2.94. The van der Waals surface area contributed by atoms with Gasteiger partial charge in [-0.05, 0) is 49.5 Å². The van der Waals surface area contributed by atoms with Crippen molar-refractivity contribution in [2.75, 3.05) is 20.1 Å². The molecule has 9 heteroatoms. The van der Waals surface area contributed by atoms with Crippen molar-refractivity contribution in [1.29, 1.82) is 0 Å². The molecule has 0 aliphatic heterocycles. The van der Waals surface area contributed by atoms with Crippen molar-refractivity contribution in [1.82, 2.24) is 20.5 Å². The normalized spacial score (nSPS) is 11.7. The van der Waals surface area contributed by atoms with Crippen LogP contribution in [0.4, 0.5) is 0 Å². The van der Waals surface area contributed by atoms with Gasteiger partial charge in [-0.15, -0.1) is 11.3 Å². The minimum Gasteiger partial charge on any atom is -0.350 e. The number of thiophene rings is 1. The van der Waals surface area contributed by atoms with Crippen LogP contribution in [0.3, 0.4) is 0 Å². The monoisotopic (exact) mass is 444 g/mol. The predicted octanol–water partition coefficient (Wildman–Crippen LogP) is 2.30. The first-order valence-corrected chi connectivity index (χ1v) is 10.4. The minimum atomic E-state index is -0.297. The topological polar surface area (TPSA) is 92.2 Å². The quantitative estimate of drug-likeness (QED) is 0.497. The molecule has 1 unspecified atom stereocenters. The summed E-state index contributed by atoms with van der Waals surface area (Å²) in [5.41, 5.74) is 0.988. The zero-order valence-electron chi connectivity index (χ0n) is 16.2. The van der Waals surface area contributed by atoms with Crippen LogP contribution in [0.25, 0.3) is 5.69 Å². The van der Waals surface area contributed by atoms with E-state index in [2.05, 4.69) is 16.0 Å². The van der Waals surface area contributed by atoms with E-state index in [1.807, 2.05) is 0 Å². The molecule has 3 aromatic rings. The standard InChI is InChI=1S/C21H21ClN4O3S/c1-23-12-15(25-21(29)17-9-10-18(22)30-17)13-24-20(28)14-5-7-16(8-6-14)26-11-3-2-4-19(26)27/h2-11,15,23H,12-13H2,1H3,(H,24,28)(H,25,29). The van der Waals surface area contributed by atoms with Crippen LogP contribution >= 0.6 is 22.9 Å². The number of aromatic nitrogens is 1. The van der Waals surface area contributed by atoms with Gasteiger partial charge >= 0.3 is 0 Å². The van der Waals surface area contributed by atoms with Crippen molar-refractivity contribution in [3.05, 3.63) is 85.9 Å². The van der Waals surface area contributed by atoms with Gasteiger partial charge in [-0.2, -0.15) is 0 Å². The van der Waals surface area contributed by atoms with E-state index < -0.39 is 0 Å². The Bertz CT molecular complexity index is 1080. The highest BCUT2D eigenvalue weighted by molar-refractivity contribution is 7.18. The number of carbonyl (C=O) groups is 2. The van der Waals surface area contributed by atoms with Crippen molar-refractivity contribution >= 4 is 34.8 Å². The van der Waals surface area contributed by atoms with Gasteiger partial charge in [0.1, 0.15) is 0 Å². The molecule has 2 aromatic heterocycles. The Labute approximate surface area is 182 Å². The lowest BCUT2D eigenvalue weighted by Crippen LogP contribution is -2.48. The largest absolute Gasteiger partial charge is 0.350 e. The van der Waals surface area contributed by atoms with E-state index in [4.69, 9.17) is 11.6 Å². The summed E-state index contributed by atoms with van der Waals surface area (Å²) in [6, 6.07) is 14.7. The zero-order chi connectivity index (χ0) is 21.5. The molecule has 0 bridgehead atoms. The van der Waals surface area contributed by atoms with Crippen molar-refractivity contribution < 1.29 is 9.59 Å². The molecule has 7 nitrogen and oxygen atoms in total. The van der Waals surface area contributed by atoms with Gasteiger partial charge in [0, 0.05) is 36.6 Å². The van der Waals surface area contributed by atoms with Crippen LogP contribution in [0.2, 0.25) is 4.34 Å². The van der Waals surface area contributed by atoms with E-state index in [1.54, 1.807) is 61.8 Å². The van der Waals surface area contributed by atoms with Gasteiger partial charge in [0.15, 0.2) is 0 Å². The highest BCUT2D eigenvalue weighted by atomic mass is 35.5. The molecule has 30 heavy (non-hydrogen) atoms. The number of carbonyl (C=O) groups excluding carboxylic acids is 2. The molecule has 3 N–H and O–H groups in total. The van der Waals surface area contributed by atoms with Crippen LogP contribution in [-0.4, -0.2) is 42.6 Å². The average molecular weight is 445 g/mol. The first-order valence-electron chi connectivity index (χ1n) is 9.25. The third-order valence-corrected chi connectivity index (χ3v) is 5.55. The Balaban J connectivity index is 1.60. The van der Waals surface area contributed by atoms with Crippen LogP contribution in [0.1, 0.15) is 20.0 Å². The van der Waals surface area contributed by atoms with Crippen LogP contribution in [0.5, 0.6) is 0 Å². The molecule has 2 amide bonds. The Morgan fingerprint density at radius 1 is 1.03 bits per heavy atom. The second kappa shape index (κ2) is 10.2. The lowest BCUT2D eigenvalue weighted by molar-refractivity contribution is 0.0911. The molecule has 1 atom stereocenters. The summed E-state index contributed by atoms with van der Waals surface area (Å²) in [4.78, 5) is 37.2. The fourth-order valence-electron chi connectivity index (χ4n) is 2.85. The van der Waals surface area contributed by atoms with E-state index in [9.17, 15) is 14.4 Å². The highest BCUT2D eigenvalue weighted by Crippen LogP contribution is 2.21. The molecule has 1 aromatic carbocycles. The number of rotatable bonds is 8. The van der Waals surface area contributed by atoms with Gasteiger partial charge in [0.25, 0.3) is 17.4 Å². The Kier molecular flexibility index (Phi) is 7.40. The van der Waals surface area contributed by atoms with Crippen LogP contribution in [0, 0.1) is 0 Å². The predicted molar refractivity (Wildman–Crippen MR) is 119 cm³/mol. The zero-order valence-corrected chi connectivity index (χ0v) is 17.8. The van der Waals surface area contributed by atoms with E-state index in [0.29, 0.717) is 27.0 Å². The number of hydrogen-bond acceptors (Lipinski definition) is 5. The second-order valence-electron chi connectivity index (χ2n) is 6.50. The summed E-state index contributed by atoms with van der Waals surface area (Å²) >= 11 is 7.08. The maximum Gasteiger partial charge on any atom is 0.261 e. The van der Waals surface area contributed by atoms with E-state index in [1.165, 1.54) is 22.0 Å². The van der Waals surface area contributed by atoms with Crippen LogP contribution in [-0.2, 0) is 0 Å². The van der Waals surface area contributed by atoms with Crippen molar-refractivity contribution in [3.8, 4) is 5.69 Å². The molecule has 0 fully saturated rings. The molecule has 0 aliphatic rings. The summed E-state index contributed by atoms with van der Waals surface area (Å²) in [6.45, 7) is 0.741. The smallest absolute Gasteiger partial charge is 0.261 e. The number of hydrogen-bond donors (Lipinski definition) is 3. The SMILES string of the molecule is CNCC(CNC(=O)c1ccc(-n2ccccc2=O)cc1)NC(=O)c1ccc(Cl)s1. The summed E-state index contributed by atoms with van der Waals surface area (Å²) < 4.78 is 2.04. The van der Waals surface area contributed by atoms with Crippen LogP contribution in [0.15, 0.2) is 65.6 Å². The molecule has 0 aliphatic carbocycles. The first-order chi connectivity index (χ1) is 14.5. The molecule has 2 heterocycles. The summed E-state index contributed by atoms with van der Waals surface area (Å²) in [7, 11) is 1.77. The number of amides is 2. The average Bonchev–Trinajstić information content (AvgIpc) is 3.19. The number of pyridine rings is 1. The molecule has 3 rings (SSSR count). The maximum absolute atomic E-state index is 12.5. The Morgan fingerprint density at radius 3 is 2.43 bits per heavy atom. The molecular weight excluding hydrogens is 424 g/mol. The number of likely N-dealkylation sites (N-methyl/N-ethyl adjacent to an activating group) is 1. The van der Waals surface area contributed by atoms with E-state index >= 15 is 0 Å². The molecule has 0 saturated heterocycles. The maximum atomic E-state index is 12.5. The molecule has 156 valence electrons. The number of halogens is 1. The van der Waals surface area contributed by atoms with Crippen molar-refractivity contribution in [3.63, 3.8) is 0 Å². The highest BCUT2D eigenvalue weighted by Gasteiger charge is 2.16. The lowest BCUT2D eigenvalue weighted by atomic mass is 10.2. The molecule has 0 saturated carbocycles. The minimum absolute atomic E-state index is 0.146. The van der Waals surface area contributed by atoms with Gasteiger partial charge in [0.05, 0.1) is 15.3 Å². The number of nitrogens with zero attached hydrogens (tertiary/aromatic N) is 1. The summed E-state index contributed by atoms with van der Waals surface area (Å²) in [6.07, 6.45) is 1.67. The summed E-state index contributed by atoms with van der Waals surface area (Å²) in [5.74, 6) is -0.504. The summed E-state index contributed by atoms with van der Waals surface area (Å²) in [5, 5.41) is 8.72. The third-order valence-electron chi connectivity index (χ3n) is 4.32. The van der Waals surface area contributed by atoms with Gasteiger partial charge in [0.2, 0.25) is 0 Å². The lowest BCUT2D eigenvalue weighted by Gasteiger charge is -2.19.